The van der Waals surface area contributed by atoms with Crippen LogP contribution in [0.3, 0.4) is 0 Å². The molecule has 0 radical (unpaired) electrons. The second kappa shape index (κ2) is 8.65. The Morgan fingerprint density at radius 2 is 1.75 bits per heavy atom. The number of hydrogen-bond donors (Lipinski definition) is 1. The van der Waals surface area contributed by atoms with Crippen LogP contribution < -0.4 is 5.32 Å². The van der Waals surface area contributed by atoms with Crippen molar-refractivity contribution in [3.8, 4) is 0 Å². The average Bonchev–Trinajstić information content (AvgIpc) is 2.77. The van der Waals surface area contributed by atoms with Gasteiger partial charge in [-0.2, -0.15) is 0 Å². The number of carbonyl (C=O) groups is 1. The summed E-state index contributed by atoms with van der Waals surface area (Å²) in [6.07, 6.45) is 6.14. The van der Waals surface area contributed by atoms with Crippen molar-refractivity contribution in [2.75, 3.05) is 18.4 Å². The monoisotopic (exact) mass is 372 g/mol. The van der Waals surface area contributed by atoms with Crippen molar-refractivity contribution in [1.82, 2.24) is 14.9 Å². The van der Waals surface area contributed by atoms with Gasteiger partial charge in [0.1, 0.15) is 11.5 Å². The van der Waals surface area contributed by atoms with E-state index in [1.165, 1.54) is 16.7 Å². The van der Waals surface area contributed by atoms with E-state index in [0.717, 1.165) is 32.4 Å². The van der Waals surface area contributed by atoms with Gasteiger partial charge >= 0.3 is 0 Å². The van der Waals surface area contributed by atoms with Crippen molar-refractivity contribution in [3.63, 3.8) is 0 Å². The van der Waals surface area contributed by atoms with Crippen LogP contribution in [0.5, 0.6) is 0 Å². The number of carbonyl (C=O) groups excluding carboxylic acids is 1. The molecule has 142 valence electrons. The smallest absolute Gasteiger partial charge is 0.274 e. The van der Waals surface area contributed by atoms with E-state index in [-0.39, 0.29) is 5.91 Å². The third kappa shape index (κ3) is 4.36. The summed E-state index contributed by atoms with van der Waals surface area (Å²) < 4.78 is 0. The number of anilines is 1. The number of nitrogens with one attached hydrogen (secondary N) is 1. The normalized spacial score (nSPS) is 13.1. The first-order valence-corrected chi connectivity index (χ1v) is 9.75. The van der Waals surface area contributed by atoms with Crippen molar-refractivity contribution in [2.45, 2.75) is 25.8 Å². The van der Waals surface area contributed by atoms with Gasteiger partial charge in [0.25, 0.3) is 5.91 Å². The first-order chi connectivity index (χ1) is 13.8. The summed E-state index contributed by atoms with van der Waals surface area (Å²) in [6, 6.07) is 18.7. The fourth-order valence-electron chi connectivity index (χ4n) is 3.51. The predicted molar refractivity (Wildman–Crippen MR) is 110 cm³/mol. The maximum atomic E-state index is 12.7. The Morgan fingerprint density at radius 1 is 0.964 bits per heavy atom. The molecule has 0 atom stereocenters. The third-order valence-corrected chi connectivity index (χ3v) is 5.08. The molecule has 4 rings (SSSR count). The lowest BCUT2D eigenvalue weighted by Gasteiger charge is -2.28. The molecule has 0 fully saturated rings. The Bertz CT molecular complexity index is 925. The Morgan fingerprint density at radius 3 is 2.54 bits per heavy atom. The molecule has 1 aromatic heterocycles. The van der Waals surface area contributed by atoms with Gasteiger partial charge in [-0.05, 0) is 36.0 Å². The number of aromatic nitrogens is 2. The van der Waals surface area contributed by atoms with Gasteiger partial charge in [-0.1, -0.05) is 54.6 Å². The lowest BCUT2D eigenvalue weighted by Crippen LogP contribution is -2.36. The van der Waals surface area contributed by atoms with Gasteiger partial charge in [-0.25, -0.2) is 9.97 Å². The van der Waals surface area contributed by atoms with Gasteiger partial charge in [-0.15, -0.1) is 0 Å². The number of benzene rings is 2. The molecule has 0 saturated heterocycles. The molecule has 1 N–H and O–H groups in total. The molecule has 0 spiro atoms. The number of hydrogen-bond acceptors (Lipinski definition) is 4. The van der Waals surface area contributed by atoms with Crippen LogP contribution in [-0.4, -0.2) is 33.9 Å². The summed E-state index contributed by atoms with van der Waals surface area (Å²) in [5.74, 6) is 0.645. The van der Waals surface area contributed by atoms with Gasteiger partial charge in [-0.3, -0.25) is 4.79 Å². The highest BCUT2D eigenvalue weighted by atomic mass is 16.2. The van der Waals surface area contributed by atoms with E-state index in [9.17, 15) is 4.79 Å². The lowest BCUT2D eigenvalue weighted by molar-refractivity contribution is 0.0728. The summed E-state index contributed by atoms with van der Waals surface area (Å²) in [7, 11) is 0. The van der Waals surface area contributed by atoms with Crippen LogP contribution in [0.2, 0.25) is 0 Å². The van der Waals surface area contributed by atoms with Crippen molar-refractivity contribution in [2.24, 2.45) is 0 Å². The molecule has 1 aliphatic rings. The summed E-state index contributed by atoms with van der Waals surface area (Å²) in [4.78, 5) is 23.3. The van der Waals surface area contributed by atoms with E-state index >= 15 is 0 Å². The standard InChI is InChI=1S/C23H24N4O/c28-23(27-14-12-19-10-4-5-11-20(19)17-27)21-15-26-22(16-25-21)24-13-6-9-18-7-2-1-3-8-18/h1-5,7-8,10-11,15-16H,6,9,12-14,17H2,(H,24,26). The van der Waals surface area contributed by atoms with Crippen LogP contribution in [0.4, 0.5) is 5.82 Å². The molecule has 1 aliphatic heterocycles. The molecule has 1 amide bonds. The third-order valence-electron chi connectivity index (χ3n) is 5.08. The van der Waals surface area contributed by atoms with Crippen molar-refractivity contribution in [1.29, 1.82) is 0 Å². The topological polar surface area (TPSA) is 58.1 Å². The zero-order valence-corrected chi connectivity index (χ0v) is 15.8. The molecular weight excluding hydrogens is 348 g/mol. The van der Waals surface area contributed by atoms with Gasteiger partial charge in [0.05, 0.1) is 12.4 Å². The number of rotatable bonds is 6. The fourth-order valence-corrected chi connectivity index (χ4v) is 3.51. The highest BCUT2D eigenvalue weighted by Gasteiger charge is 2.22. The summed E-state index contributed by atoms with van der Waals surface area (Å²) >= 11 is 0. The summed E-state index contributed by atoms with van der Waals surface area (Å²) in [6.45, 7) is 2.17. The molecule has 2 heterocycles. The SMILES string of the molecule is O=C(c1cnc(NCCCc2ccccc2)cn1)N1CCc2ccccc2C1. The van der Waals surface area contributed by atoms with Crippen molar-refractivity contribution < 1.29 is 4.79 Å². The predicted octanol–water partition coefficient (Wildman–Crippen LogP) is 3.72. The van der Waals surface area contributed by atoms with E-state index in [2.05, 4.69) is 51.7 Å². The number of amides is 1. The second-order valence-electron chi connectivity index (χ2n) is 7.05. The van der Waals surface area contributed by atoms with Gasteiger partial charge < -0.3 is 10.2 Å². The zero-order chi connectivity index (χ0) is 19.2. The number of aryl methyl sites for hydroxylation is 1. The maximum absolute atomic E-state index is 12.7. The van der Waals surface area contributed by atoms with E-state index in [1.807, 2.05) is 23.1 Å². The Balaban J connectivity index is 1.29. The Kier molecular flexibility index (Phi) is 5.61. The van der Waals surface area contributed by atoms with Crippen LogP contribution in [0, 0.1) is 0 Å². The number of fused-ring (bicyclic) bond motifs is 1. The van der Waals surface area contributed by atoms with E-state index in [1.54, 1.807) is 12.4 Å². The van der Waals surface area contributed by atoms with Crippen LogP contribution in [0.1, 0.15) is 33.6 Å². The van der Waals surface area contributed by atoms with Crippen LogP contribution >= 0.6 is 0 Å². The van der Waals surface area contributed by atoms with Crippen molar-refractivity contribution in [3.05, 3.63) is 89.4 Å². The molecule has 0 unspecified atom stereocenters. The second-order valence-corrected chi connectivity index (χ2v) is 7.05. The highest BCUT2D eigenvalue weighted by molar-refractivity contribution is 5.92. The summed E-state index contributed by atoms with van der Waals surface area (Å²) in [5.41, 5.74) is 4.27. The molecule has 3 aromatic rings. The first kappa shape index (κ1) is 18.2. The maximum Gasteiger partial charge on any atom is 0.274 e. The van der Waals surface area contributed by atoms with Crippen LogP contribution in [-0.2, 0) is 19.4 Å². The lowest BCUT2D eigenvalue weighted by atomic mass is 10.00. The molecule has 2 aromatic carbocycles. The highest BCUT2D eigenvalue weighted by Crippen LogP contribution is 2.19. The number of nitrogens with zero attached hydrogens (tertiary/aromatic N) is 3. The Labute approximate surface area is 165 Å². The molecule has 5 nitrogen and oxygen atoms in total. The summed E-state index contributed by atoms with van der Waals surface area (Å²) in [5, 5.41) is 3.28. The molecule has 0 bridgehead atoms. The minimum absolute atomic E-state index is 0.0577. The zero-order valence-electron chi connectivity index (χ0n) is 15.8. The first-order valence-electron chi connectivity index (χ1n) is 9.75. The van der Waals surface area contributed by atoms with Gasteiger partial charge in [0, 0.05) is 19.6 Å². The molecule has 0 aliphatic carbocycles. The molecule has 0 saturated carbocycles. The van der Waals surface area contributed by atoms with E-state index in [4.69, 9.17) is 0 Å². The van der Waals surface area contributed by atoms with Crippen molar-refractivity contribution >= 4 is 11.7 Å². The van der Waals surface area contributed by atoms with Crippen LogP contribution in [0.25, 0.3) is 0 Å². The van der Waals surface area contributed by atoms with Crippen LogP contribution in [0.15, 0.2) is 67.0 Å². The quantitative estimate of drug-likeness (QED) is 0.670. The minimum atomic E-state index is -0.0577. The fraction of sp³-hybridized carbons (Fsp3) is 0.261. The Hall–Kier alpha value is -3.21. The van der Waals surface area contributed by atoms with E-state index < -0.39 is 0 Å². The minimum Gasteiger partial charge on any atom is -0.369 e. The van der Waals surface area contributed by atoms with Gasteiger partial charge in [0.2, 0.25) is 0 Å². The molecule has 28 heavy (non-hydrogen) atoms. The molecule has 5 heteroatoms. The average molecular weight is 372 g/mol. The van der Waals surface area contributed by atoms with E-state index in [0.29, 0.717) is 18.1 Å². The largest absolute Gasteiger partial charge is 0.369 e. The molecular formula is C23H24N4O. The van der Waals surface area contributed by atoms with Gasteiger partial charge in [0.15, 0.2) is 0 Å².